The van der Waals surface area contributed by atoms with Crippen molar-refractivity contribution in [2.75, 3.05) is 19.1 Å². The summed E-state index contributed by atoms with van der Waals surface area (Å²) in [5.74, 6) is 0.551. The molecule has 0 unspecified atom stereocenters. The van der Waals surface area contributed by atoms with E-state index >= 15 is 0 Å². The summed E-state index contributed by atoms with van der Waals surface area (Å²) >= 11 is 6.20. The molecule has 23 heavy (non-hydrogen) atoms. The lowest BCUT2D eigenvalue weighted by atomic mass is 10.2. The number of ether oxygens (including phenoxy) is 2. The number of carbonyl (C=O) groups is 1. The van der Waals surface area contributed by atoms with Crippen LogP contribution in [0, 0.1) is 0 Å². The van der Waals surface area contributed by atoms with Gasteiger partial charge in [-0.1, -0.05) is 36.7 Å². The Balaban J connectivity index is 2.12. The van der Waals surface area contributed by atoms with E-state index in [4.69, 9.17) is 21.1 Å². The van der Waals surface area contributed by atoms with Crippen molar-refractivity contribution in [3.05, 3.63) is 53.1 Å². The van der Waals surface area contributed by atoms with Gasteiger partial charge in [-0.05, 0) is 30.7 Å². The maximum atomic E-state index is 12.2. The van der Waals surface area contributed by atoms with E-state index in [2.05, 4.69) is 10.9 Å². The molecule has 0 saturated carbocycles. The molecule has 0 aliphatic rings. The van der Waals surface area contributed by atoms with Crippen molar-refractivity contribution in [2.24, 2.45) is 0 Å². The highest BCUT2D eigenvalue weighted by molar-refractivity contribution is 6.32. The lowest BCUT2D eigenvalue weighted by Gasteiger charge is -2.14. The maximum absolute atomic E-state index is 12.2. The Morgan fingerprint density at radius 3 is 2.61 bits per heavy atom. The number of para-hydroxylation sites is 1. The lowest BCUT2D eigenvalue weighted by Crippen LogP contribution is -2.29. The first-order chi connectivity index (χ1) is 11.2. The number of anilines is 1. The molecule has 0 aliphatic carbocycles. The van der Waals surface area contributed by atoms with Gasteiger partial charge in [0, 0.05) is 5.56 Å². The van der Waals surface area contributed by atoms with E-state index in [0.29, 0.717) is 28.7 Å². The number of carbonyl (C=O) groups excluding carboxylic acids is 1. The third-order valence-corrected chi connectivity index (χ3v) is 3.32. The summed E-state index contributed by atoms with van der Waals surface area (Å²) < 4.78 is 10.8. The van der Waals surface area contributed by atoms with Gasteiger partial charge in [-0.3, -0.25) is 15.6 Å². The lowest BCUT2D eigenvalue weighted by molar-refractivity contribution is 0.0962. The molecule has 0 aliphatic heterocycles. The summed E-state index contributed by atoms with van der Waals surface area (Å²) in [4.78, 5) is 12.2. The molecule has 5 nitrogen and oxygen atoms in total. The van der Waals surface area contributed by atoms with Crippen molar-refractivity contribution in [1.82, 2.24) is 5.43 Å². The van der Waals surface area contributed by atoms with Crippen LogP contribution in [-0.4, -0.2) is 19.6 Å². The first-order valence-corrected chi connectivity index (χ1v) is 7.65. The van der Waals surface area contributed by atoms with Crippen LogP contribution in [0.3, 0.4) is 0 Å². The molecule has 1 amide bonds. The zero-order chi connectivity index (χ0) is 16.7. The molecule has 0 radical (unpaired) electrons. The molecule has 0 heterocycles. The van der Waals surface area contributed by atoms with Gasteiger partial charge in [0.15, 0.2) is 11.5 Å². The number of amides is 1. The predicted molar refractivity (Wildman–Crippen MR) is 91.3 cm³/mol. The second kappa shape index (κ2) is 8.29. The van der Waals surface area contributed by atoms with Gasteiger partial charge >= 0.3 is 0 Å². The molecule has 2 aromatic rings. The van der Waals surface area contributed by atoms with Crippen LogP contribution in [0.5, 0.6) is 11.5 Å². The normalized spacial score (nSPS) is 10.0. The summed E-state index contributed by atoms with van der Waals surface area (Å²) in [6.45, 7) is 2.52. The highest BCUT2D eigenvalue weighted by Crippen LogP contribution is 2.36. The smallest absolute Gasteiger partial charge is 0.269 e. The number of hydrazine groups is 1. The molecular weight excluding hydrogens is 316 g/mol. The molecular formula is C17H19ClN2O3. The molecule has 122 valence electrons. The second-order valence-electron chi connectivity index (χ2n) is 4.78. The van der Waals surface area contributed by atoms with E-state index in [1.165, 1.54) is 7.11 Å². The standard InChI is InChI=1S/C17H19ClN2O3/c1-3-9-23-16-14(18)10-12(11-15(16)22-2)17(21)20-19-13-7-5-4-6-8-13/h4-8,10-11,19H,3,9H2,1-2H3,(H,20,21). The Labute approximate surface area is 140 Å². The van der Waals surface area contributed by atoms with Gasteiger partial charge in [0.25, 0.3) is 5.91 Å². The van der Waals surface area contributed by atoms with Gasteiger partial charge in [-0.25, -0.2) is 0 Å². The summed E-state index contributed by atoms with van der Waals surface area (Å²) in [5.41, 5.74) is 6.60. The quantitative estimate of drug-likeness (QED) is 0.754. The van der Waals surface area contributed by atoms with E-state index in [-0.39, 0.29) is 5.91 Å². The van der Waals surface area contributed by atoms with Gasteiger partial charge in [0.05, 0.1) is 24.4 Å². The third-order valence-electron chi connectivity index (χ3n) is 3.04. The predicted octanol–water partition coefficient (Wildman–Crippen LogP) is 3.89. The Hall–Kier alpha value is -2.40. The van der Waals surface area contributed by atoms with Crippen LogP contribution in [0.2, 0.25) is 5.02 Å². The molecule has 0 atom stereocenters. The fourth-order valence-corrected chi connectivity index (χ4v) is 2.18. The van der Waals surface area contributed by atoms with Crippen LogP contribution in [0.4, 0.5) is 5.69 Å². The Kier molecular flexibility index (Phi) is 6.11. The average Bonchev–Trinajstić information content (AvgIpc) is 2.58. The van der Waals surface area contributed by atoms with Gasteiger partial charge in [0.1, 0.15) is 0 Å². The fourth-order valence-electron chi connectivity index (χ4n) is 1.92. The van der Waals surface area contributed by atoms with E-state index in [9.17, 15) is 4.79 Å². The number of rotatable bonds is 7. The summed E-state index contributed by atoms with van der Waals surface area (Å²) in [7, 11) is 1.51. The molecule has 0 spiro atoms. The molecule has 0 bridgehead atoms. The first kappa shape index (κ1) is 17.0. The number of halogens is 1. The minimum atomic E-state index is -0.323. The zero-order valence-electron chi connectivity index (χ0n) is 13.1. The van der Waals surface area contributed by atoms with Crippen molar-refractivity contribution >= 4 is 23.2 Å². The van der Waals surface area contributed by atoms with Gasteiger partial charge < -0.3 is 9.47 Å². The highest BCUT2D eigenvalue weighted by atomic mass is 35.5. The van der Waals surface area contributed by atoms with Crippen molar-refractivity contribution in [1.29, 1.82) is 0 Å². The topological polar surface area (TPSA) is 59.6 Å². The number of methoxy groups -OCH3 is 1. The Bertz CT molecular complexity index is 662. The van der Waals surface area contributed by atoms with Crippen LogP contribution >= 0.6 is 11.6 Å². The maximum Gasteiger partial charge on any atom is 0.269 e. The zero-order valence-corrected chi connectivity index (χ0v) is 13.8. The monoisotopic (exact) mass is 334 g/mol. The first-order valence-electron chi connectivity index (χ1n) is 7.27. The minimum absolute atomic E-state index is 0.323. The van der Waals surface area contributed by atoms with Crippen molar-refractivity contribution in [3.8, 4) is 11.5 Å². The third kappa shape index (κ3) is 4.53. The molecule has 0 saturated heterocycles. The van der Waals surface area contributed by atoms with Crippen LogP contribution in [-0.2, 0) is 0 Å². The van der Waals surface area contributed by atoms with Crippen molar-refractivity contribution in [2.45, 2.75) is 13.3 Å². The largest absolute Gasteiger partial charge is 0.493 e. The van der Waals surface area contributed by atoms with Crippen molar-refractivity contribution < 1.29 is 14.3 Å². The van der Waals surface area contributed by atoms with E-state index < -0.39 is 0 Å². The molecule has 0 fully saturated rings. The number of hydrogen-bond donors (Lipinski definition) is 2. The summed E-state index contributed by atoms with van der Waals surface area (Å²) in [5, 5.41) is 0.336. The highest BCUT2D eigenvalue weighted by Gasteiger charge is 2.15. The molecule has 6 heteroatoms. The molecule has 0 aromatic heterocycles. The molecule has 2 rings (SSSR count). The van der Waals surface area contributed by atoms with Gasteiger partial charge in [-0.2, -0.15) is 0 Å². The van der Waals surface area contributed by atoms with Gasteiger partial charge in [-0.15, -0.1) is 0 Å². The van der Waals surface area contributed by atoms with Gasteiger partial charge in [0.2, 0.25) is 0 Å². The number of nitrogens with one attached hydrogen (secondary N) is 2. The van der Waals surface area contributed by atoms with Crippen LogP contribution in [0.15, 0.2) is 42.5 Å². The number of benzene rings is 2. The van der Waals surface area contributed by atoms with Crippen molar-refractivity contribution in [3.63, 3.8) is 0 Å². The molecule has 2 aromatic carbocycles. The summed E-state index contributed by atoms with van der Waals surface area (Å²) in [6, 6.07) is 12.5. The summed E-state index contributed by atoms with van der Waals surface area (Å²) in [6.07, 6.45) is 0.850. The SMILES string of the molecule is CCCOc1c(Cl)cc(C(=O)NNc2ccccc2)cc1OC. The second-order valence-corrected chi connectivity index (χ2v) is 5.19. The van der Waals surface area contributed by atoms with Crippen LogP contribution in [0.25, 0.3) is 0 Å². The average molecular weight is 335 g/mol. The van der Waals surface area contributed by atoms with E-state index in [1.54, 1.807) is 12.1 Å². The van der Waals surface area contributed by atoms with Crippen LogP contribution < -0.4 is 20.3 Å². The Morgan fingerprint density at radius 2 is 1.96 bits per heavy atom. The fraction of sp³-hybridized carbons (Fsp3) is 0.235. The van der Waals surface area contributed by atoms with Crippen LogP contribution in [0.1, 0.15) is 23.7 Å². The minimum Gasteiger partial charge on any atom is -0.493 e. The Morgan fingerprint density at radius 1 is 1.22 bits per heavy atom. The molecule has 2 N–H and O–H groups in total. The van der Waals surface area contributed by atoms with E-state index in [1.807, 2.05) is 37.3 Å². The van der Waals surface area contributed by atoms with E-state index in [0.717, 1.165) is 12.1 Å². The number of hydrogen-bond acceptors (Lipinski definition) is 4.